The third-order valence-electron chi connectivity index (χ3n) is 5.50. The summed E-state index contributed by atoms with van der Waals surface area (Å²) in [5.41, 5.74) is 0. The highest BCUT2D eigenvalue weighted by Gasteiger charge is 2.35. The number of methoxy groups -OCH3 is 1. The summed E-state index contributed by atoms with van der Waals surface area (Å²) >= 11 is 0. The Labute approximate surface area is 157 Å². The van der Waals surface area contributed by atoms with Crippen LogP contribution in [0, 0.1) is 23.5 Å². The van der Waals surface area contributed by atoms with Crippen LogP contribution in [0.2, 0.25) is 0 Å². The molecule has 1 aromatic carbocycles. The molecule has 5 nitrogen and oxygen atoms in total. The van der Waals surface area contributed by atoms with Gasteiger partial charge in [-0.3, -0.25) is 9.59 Å². The van der Waals surface area contributed by atoms with Crippen molar-refractivity contribution >= 4 is 11.9 Å². The van der Waals surface area contributed by atoms with Crippen LogP contribution in [0.3, 0.4) is 0 Å². The third-order valence-corrected chi connectivity index (χ3v) is 5.50. The summed E-state index contributed by atoms with van der Waals surface area (Å²) in [6.45, 7) is 0. The van der Waals surface area contributed by atoms with Gasteiger partial charge in [0.15, 0.2) is 0 Å². The number of halogens is 2. The molecule has 148 valence electrons. The van der Waals surface area contributed by atoms with Crippen LogP contribution in [0.5, 0.6) is 5.75 Å². The molecule has 0 saturated heterocycles. The molecular formula is C20H25F2NO4. The Bertz CT molecular complexity index is 668. The smallest absolute Gasteiger partial charge is 0.308 e. The summed E-state index contributed by atoms with van der Waals surface area (Å²) in [6.07, 6.45) is 4.74. The third kappa shape index (κ3) is 5.17. The van der Waals surface area contributed by atoms with Gasteiger partial charge in [0, 0.05) is 30.2 Å². The van der Waals surface area contributed by atoms with Crippen LogP contribution in [-0.4, -0.2) is 31.1 Å². The zero-order valence-electron chi connectivity index (χ0n) is 15.4. The minimum absolute atomic E-state index is 0.00188. The van der Waals surface area contributed by atoms with Gasteiger partial charge in [-0.05, 0) is 44.9 Å². The molecule has 0 aromatic heterocycles. The van der Waals surface area contributed by atoms with Gasteiger partial charge in [0.1, 0.15) is 17.4 Å². The molecule has 2 aliphatic carbocycles. The van der Waals surface area contributed by atoms with Crippen molar-refractivity contribution in [2.75, 3.05) is 7.11 Å². The lowest BCUT2D eigenvalue weighted by atomic mass is 9.92. The van der Waals surface area contributed by atoms with E-state index in [1.54, 1.807) is 0 Å². The maximum atomic E-state index is 13.2. The second kappa shape index (κ2) is 8.67. The number of carbonyl (C=O) groups is 2. The molecule has 2 atom stereocenters. The molecule has 2 aliphatic rings. The van der Waals surface area contributed by atoms with Gasteiger partial charge < -0.3 is 14.8 Å². The Morgan fingerprint density at radius 2 is 1.59 bits per heavy atom. The molecule has 0 radical (unpaired) electrons. The highest BCUT2D eigenvalue weighted by atomic mass is 19.1. The summed E-state index contributed by atoms with van der Waals surface area (Å²) in [5, 5.41) is 3.07. The minimum atomic E-state index is -0.659. The fourth-order valence-corrected chi connectivity index (χ4v) is 4.03. The number of hydrogen-bond acceptors (Lipinski definition) is 4. The highest BCUT2D eigenvalue weighted by molar-refractivity contribution is 5.81. The lowest BCUT2D eigenvalue weighted by Gasteiger charge is -2.30. The first-order valence-corrected chi connectivity index (χ1v) is 9.45. The van der Waals surface area contributed by atoms with Gasteiger partial charge in [0.2, 0.25) is 5.91 Å². The van der Waals surface area contributed by atoms with Crippen molar-refractivity contribution in [2.45, 2.75) is 57.1 Å². The Hall–Kier alpha value is -2.18. The van der Waals surface area contributed by atoms with Gasteiger partial charge in [-0.25, -0.2) is 8.78 Å². The summed E-state index contributed by atoms with van der Waals surface area (Å²) in [4.78, 5) is 24.0. The second-order valence-electron chi connectivity index (χ2n) is 7.44. The topological polar surface area (TPSA) is 64.6 Å². The molecule has 0 bridgehead atoms. The predicted molar refractivity (Wildman–Crippen MR) is 94.0 cm³/mol. The molecule has 1 aromatic rings. The molecule has 7 heteroatoms. The number of amides is 1. The van der Waals surface area contributed by atoms with E-state index in [-0.39, 0.29) is 41.6 Å². The van der Waals surface area contributed by atoms with Crippen molar-refractivity contribution in [1.29, 1.82) is 0 Å². The fourth-order valence-electron chi connectivity index (χ4n) is 4.03. The number of hydrogen-bond donors (Lipinski definition) is 1. The van der Waals surface area contributed by atoms with E-state index in [2.05, 4.69) is 5.32 Å². The van der Waals surface area contributed by atoms with Gasteiger partial charge in [-0.15, -0.1) is 0 Å². The molecule has 0 unspecified atom stereocenters. The van der Waals surface area contributed by atoms with Crippen molar-refractivity contribution in [2.24, 2.45) is 11.8 Å². The van der Waals surface area contributed by atoms with Crippen LogP contribution >= 0.6 is 0 Å². The predicted octanol–water partition coefficient (Wildman–Crippen LogP) is 3.36. The van der Waals surface area contributed by atoms with E-state index >= 15 is 0 Å². The molecule has 1 N–H and O–H groups in total. The normalized spacial score (nSPS) is 27.8. The Morgan fingerprint density at radius 1 is 0.963 bits per heavy atom. The highest BCUT2D eigenvalue weighted by Crippen LogP contribution is 2.32. The number of esters is 1. The van der Waals surface area contributed by atoms with Crippen molar-refractivity contribution in [3.8, 4) is 5.75 Å². The quantitative estimate of drug-likeness (QED) is 0.795. The summed E-state index contributed by atoms with van der Waals surface area (Å²) in [5.74, 6) is -1.69. The summed E-state index contributed by atoms with van der Waals surface area (Å²) in [6, 6.07) is 3.23. The lowest BCUT2D eigenvalue weighted by molar-refractivity contribution is -0.145. The number of benzene rings is 1. The molecule has 1 amide bonds. The van der Waals surface area contributed by atoms with Gasteiger partial charge in [0.25, 0.3) is 0 Å². The van der Waals surface area contributed by atoms with E-state index in [4.69, 9.17) is 9.47 Å². The molecular weight excluding hydrogens is 356 g/mol. The standard InChI is InChI=1S/C20H25F2NO4/c1-26-20(25)13-3-2-12(8-13)19(24)23-16-4-6-17(7-5-16)27-18-10-14(21)9-15(22)11-18/h9-13,16-17H,2-8H2,1H3,(H,23,24)/t12-,13+,16?,17?/m0/s1. The van der Waals surface area contributed by atoms with Crippen LogP contribution in [0.15, 0.2) is 18.2 Å². The first kappa shape index (κ1) is 19.6. The second-order valence-corrected chi connectivity index (χ2v) is 7.44. The Balaban J connectivity index is 1.43. The van der Waals surface area contributed by atoms with Crippen LogP contribution in [-0.2, 0) is 14.3 Å². The van der Waals surface area contributed by atoms with Gasteiger partial charge >= 0.3 is 5.97 Å². The van der Waals surface area contributed by atoms with Crippen LogP contribution in [0.1, 0.15) is 44.9 Å². The number of rotatable bonds is 5. The molecule has 27 heavy (non-hydrogen) atoms. The molecule has 0 spiro atoms. The summed E-state index contributed by atoms with van der Waals surface area (Å²) in [7, 11) is 1.37. The average Bonchev–Trinajstić information content (AvgIpc) is 3.12. The van der Waals surface area contributed by atoms with Crippen molar-refractivity contribution in [3.05, 3.63) is 29.8 Å². The minimum Gasteiger partial charge on any atom is -0.490 e. The van der Waals surface area contributed by atoms with E-state index in [0.717, 1.165) is 18.9 Å². The zero-order chi connectivity index (χ0) is 19.4. The maximum absolute atomic E-state index is 13.2. The molecule has 0 aliphatic heterocycles. The van der Waals surface area contributed by atoms with Crippen LogP contribution in [0.4, 0.5) is 8.78 Å². The number of carbonyl (C=O) groups excluding carboxylic acids is 2. The molecule has 2 fully saturated rings. The monoisotopic (exact) mass is 381 g/mol. The van der Waals surface area contributed by atoms with E-state index in [0.29, 0.717) is 32.1 Å². The van der Waals surface area contributed by atoms with Crippen molar-refractivity contribution in [1.82, 2.24) is 5.32 Å². The summed E-state index contributed by atoms with van der Waals surface area (Å²) < 4.78 is 36.9. The first-order chi connectivity index (χ1) is 12.9. The van der Waals surface area contributed by atoms with Crippen LogP contribution in [0.25, 0.3) is 0 Å². The molecule has 2 saturated carbocycles. The van der Waals surface area contributed by atoms with E-state index in [1.807, 2.05) is 0 Å². The largest absolute Gasteiger partial charge is 0.490 e. The zero-order valence-corrected chi connectivity index (χ0v) is 15.4. The number of ether oxygens (including phenoxy) is 2. The van der Waals surface area contributed by atoms with Crippen molar-refractivity contribution in [3.63, 3.8) is 0 Å². The first-order valence-electron chi connectivity index (χ1n) is 9.45. The van der Waals surface area contributed by atoms with E-state index in [1.165, 1.54) is 19.2 Å². The van der Waals surface area contributed by atoms with Crippen molar-refractivity contribution < 1.29 is 27.8 Å². The lowest BCUT2D eigenvalue weighted by Crippen LogP contribution is -2.42. The Morgan fingerprint density at radius 3 is 2.22 bits per heavy atom. The SMILES string of the molecule is COC(=O)[C@@H]1CC[C@H](C(=O)NC2CCC(Oc3cc(F)cc(F)c3)CC2)C1. The van der Waals surface area contributed by atoms with Gasteiger partial charge in [-0.2, -0.15) is 0 Å². The Kier molecular flexibility index (Phi) is 6.29. The van der Waals surface area contributed by atoms with E-state index < -0.39 is 11.6 Å². The van der Waals surface area contributed by atoms with Gasteiger partial charge in [-0.1, -0.05) is 0 Å². The number of nitrogens with one attached hydrogen (secondary N) is 1. The van der Waals surface area contributed by atoms with Crippen LogP contribution < -0.4 is 10.1 Å². The van der Waals surface area contributed by atoms with E-state index in [9.17, 15) is 18.4 Å². The van der Waals surface area contributed by atoms with Gasteiger partial charge in [0.05, 0.1) is 19.1 Å². The maximum Gasteiger partial charge on any atom is 0.308 e. The molecule has 0 heterocycles. The molecule has 3 rings (SSSR count). The fraction of sp³-hybridized carbons (Fsp3) is 0.600. The average molecular weight is 381 g/mol.